The first kappa shape index (κ1) is 16.8. The zero-order valence-corrected chi connectivity index (χ0v) is 11.5. The van der Waals surface area contributed by atoms with Crippen LogP contribution in [0.4, 0.5) is 13.2 Å². The Hall–Kier alpha value is -1.27. The van der Waals surface area contributed by atoms with Crippen LogP contribution in [0.25, 0.3) is 0 Å². The first-order valence-electron chi connectivity index (χ1n) is 6.10. The van der Waals surface area contributed by atoms with Crippen molar-refractivity contribution in [1.82, 2.24) is 4.90 Å². The number of hydrogen-bond donors (Lipinski definition) is 1. The Morgan fingerprint density at radius 1 is 1.15 bits per heavy atom. The zero-order chi connectivity index (χ0) is 14.0. The Morgan fingerprint density at radius 3 is 2.10 bits per heavy atom. The van der Waals surface area contributed by atoms with Gasteiger partial charge in [-0.1, -0.05) is 0 Å². The third kappa shape index (κ3) is 3.86. The van der Waals surface area contributed by atoms with E-state index < -0.39 is 11.7 Å². The second-order valence-electron chi connectivity index (χ2n) is 4.70. The average molecular weight is 309 g/mol. The van der Waals surface area contributed by atoms with E-state index in [0.29, 0.717) is 13.1 Å². The Labute approximate surface area is 121 Å². The van der Waals surface area contributed by atoms with Crippen molar-refractivity contribution in [3.63, 3.8) is 0 Å². The molecule has 1 aromatic rings. The van der Waals surface area contributed by atoms with Crippen LogP contribution in [0.3, 0.4) is 0 Å². The second kappa shape index (κ2) is 6.45. The molecular weight excluding hydrogens is 293 g/mol. The number of benzene rings is 1. The van der Waals surface area contributed by atoms with Crippen LogP contribution < -0.4 is 5.73 Å². The number of piperidine rings is 1. The number of carbonyl (C=O) groups excluding carboxylic acids is 1. The molecule has 0 bridgehead atoms. The maximum absolute atomic E-state index is 12.4. The van der Waals surface area contributed by atoms with Crippen LogP contribution in [-0.4, -0.2) is 29.9 Å². The maximum Gasteiger partial charge on any atom is 0.416 e. The van der Waals surface area contributed by atoms with Crippen molar-refractivity contribution in [2.45, 2.75) is 25.1 Å². The van der Waals surface area contributed by atoms with E-state index in [1.165, 1.54) is 12.1 Å². The van der Waals surface area contributed by atoms with E-state index in [-0.39, 0.29) is 29.9 Å². The van der Waals surface area contributed by atoms with Crippen molar-refractivity contribution >= 4 is 18.3 Å². The number of halogens is 4. The molecule has 1 saturated heterocycles. The fourth-order valence-corrected chi connectivity index (χ4v) is 2.09. The minimum absolute atomic E-state index is 0. The molecule has 0 spiro atoms. The van der Waals surface area contributed by atoms with Crippen LogP contribution >= 0.6 is 12.4 Å². The van der Waals surface area contributed by atoms with Crippen molar-refractivity contribution in [3.05, 3.63) is 35.4 Å². The Bertz CT molecular complexity index is 454. The number of alkyl halides is 3. The minimum Gasteiger partial charge on any atom is -0.339 e. The van der Waals surface area contributed by atoms with Crippen LogP contribution in [-0.2, 0) is 6.18 Å². The summed E-state index contributed by atoms with van der Waals surface area (Å²) in [7, 11) is 0. The van der Waals surface area contributed by atoms with Gasteiger partial charge in [-0.05, 0) is 37.1 Å². The summed E-state index contributed by atoms with van der Waals surface area (Å²) in [5.74, 6) is -0.236. The summed E-state index contributed by atoms with van der Waals surface area (Å²) in [5, 5.41) is 0. The van der Waals surface area contributed by atoms with Crippen LogP contribution in [0.1, 0.15) is 28.8 Å². The first-order valence-corrected chi connectivity index (χ1v) is 6.10. The second-order valence-corrected chi connectivity index (χ2v) is 4.70. The Kier molecular flexibility index (Phi) is 5.42. The molecule has 20 heavy (non-hydrogen) atoms. The summed E-state index contributed by atoms with van der Waals surface area (Å²) in [4.78, 5) is 13.7. The highest BCUT2D eigenvalue weighted by atomic mass is 35.5. The van der Waals surface area contributed by atoms with Crippen molar-refractivity contribution in [2.24, 2.45) is 5.73 Å². The molecule has 3 nitrogen and oxygen atoms in total. The normalized spacial score (nSPS) is 16.7. The minimum atomic E-state index is -4.38. The van der Waals surface area contributed by atoms with Gasteiger partial charge in [0, 0.05) is 24.7 Å². The number of amides is 1. The number of carbonyl (C=O) groups is 1. The monoisotopic (exact) mass is 308 g/mol. The van der Waals surface area contributed by atoms with Gasteiger partial charge in [-0.2, -0.15) is 13.2 Å². The van der Waals surface area contributed by atoms with Crippen LogP contribution in [0.2, 0.25) is 0 Å². The fourth-order valence-electron chi connectivity index (χ4n) is 2.09. The molecule has 2 N–H and O–H groups in total. The number of rotatable bonds is 1. The smallest absolute Gasteiger partial charge is 0.339 e. The highest BCUT2D eigenvalue weighted by Gasteiger charge is 2.30. The first-order chi connectivity index (χ1) is 8.88. The van der Waals surface area contributed by atoms with E-state index in [1.807, 2.05) is 0 Å². The van der Waals surface area contributed by atoms with Gasteiger partial charge in [-0.15, -0.1) is 12.4 Å². The van der Waals surface area contributed by atoms with Crippen LogP contribution in [0, 0.1) is 0 Å². The van der Waals surface area contributed by atoms with Gasteiger partial charge in [0.2, 0.25) is 0 Å². The topological polar surface area (TPSA) is 46.3 Å². The lowest BCUT2D eigenvalue weighted by atomic mass is 10.0. The molecule has 0 radical (unpaired) electrons. The predicted molar refractivity (Wildman–Crippen MR) is 71.8 cm³/mol. The molecule has 112 valence electrons. The SMILES string of the molecule is Cl.NC1CCN(C(=O)c2ccc(C(F)(F)F)cc2)CC1. The molecule has 0 aromatic heterocycles. The maximum atomic E-state index is 12.4. The molecule has 1 aliphatic rings. The lowest BCUT2D eigenvalue weighted by Gasteiger charge is -2.30. The molecule has 1 fully saturated rings. The van der Waals surface area contributed by atoms with Gasteiger partial charge in [-0.3, -0.25) is 4.79 Å². The molecule has 1 heterocycles. The molecule has 1 aromatic carbocycles. The molecule has 2 rings (SSSR count). The summed E-state index contributed by atoms with van der Waals surface area (Å²) in [6.07, 6.45) is -2.92. The standard InChI is InChI=1S/C13H15F3N2O.ClH/c14-13(15,16)10-3-1-9(2-4-10)12(19)18-7-5-11(17)6-8-18;/h1-4,11H,5-8,17H2;1H. The summed E-state index contributed by atoms with van der Waals surface area (Å²) >= 11 is 0. The Balaban J connectivity index is 0.00000200. The lowest BCUT2D eigenvalue weighted by molar-refractivity contribution is -0.137. The third-order valence-corrected chi connectivity index (χ3v) is 3.29. The molecule has 0 aliphatic carbocycles. The predicted octanol–water partition coefficient (Wildman–Crippen LogP) is 2.69. The number of hydrogen-bond acceptors (Lipinski definition) is 2. The van der Waals surface area contributed by atoms with Gasteiger partial charge >= 0.3 is 6.18 Å². The number of likely N-dealkylation sites (tertiary alicyclic amines) is 1. The van der Waals surface area contributed by atoms with E-state index in [2.05, 4.69) is 0 Å². The number of nitrogens with two attached hydrogens (primary N) is 1. The van der Waals surface area contributed by atoms with Gasteiger partial charge in [0.1, 0.15) is 0 Å². The summed E-state index contributed by atoms with van der Waals surface area (Å²) in [6.45, 7) is 1.11. The molecular formula is C13H16ClF3N2O. The fraction of sp³-hybridized carbons (Fsp3) is 0.462. The highest BCUT2D eigenvalue weighted by molar-refractivity contribution is 5.94. The third-order valence-electron chi connectivity index (χ3n) is 3.29. The molecule has 1 amide bonds. The molecule has 7 heteroatoms. The number of nitrogens with zero attached hydrogens (tertiary/aromatic N) is 1. The molecule has 1 aliphatic heterocycles. The van der Waals surface area contributed by atoms with E-state index in [0.717, 1.165) is 25.0 Å². The van der Waals surface area contributed by atoms with Crippen LogP contribution in [0.15, 0.2) is 24.3 Å². The van der Waals surface area contributed by atoms with Crippen molar-refractivity contribution in [2.75, 3.05) is 13.1 Å². The van der Waals surface area contributed by atoms with Gasteiger partial charge in [0.15, 0.2) is 0 Å². The molecule has 0 atom stereocenters. The highest BCUT2D eigenvalue weighted by Crippen LogP contribution is 2.29. The molecule has 0 saturated carbocycles. The summed E-state index contributed by atoms with van der Waals surface area (Å²) in [6, 6.07) is 4.42. The molecule has 0 unspecified atom stereocenters. The van der Waals surface area contributed by atoms with Crippen molar-refractivity contribution in [3.8, 4) is 0 Å². The average Bonchev–Trinajstić information content (AvgIpc) is 2.38. The van der Waals surface area contributed by atoms with Gasteiger partial charge < -0.3 is 10.6 Å². The van der Waals surface area contributed by atoms with Crippen molar-refractivity contribution < 1.29 is 18.0 Å². The van der Waals surface area contributed by atoms with Crippen molar-refractivity contribution in [1.29, 1.82) is 0 Å². The van der Waals surface area contributed by atoms with E-state index >= 15 is 0 Å². The van der Waals surface area contributed by atoms with Gasteiger partial charge in [0.05, 0.1) is 5.56 Å². The van der Waals surface area contributed by atoms with Gasteiger partial charge in [0.25, 0.3) is 5.91 Å². The van der Waals surface area contributed by atoms with Gasteiger partial charge in [-0.25, -0.2) is 0 Å². The quantitative estimate of drug-likeness (QED) is 0.867. The van der Waals surface area contributed by atoms with E-state index in [9.17, 15) is 18.0 Å². The van der Waals surface area contributed by atoms with Crippen LogP contribution in [0.5, 0.6) is 0 Å². The summed E-state index contributed by atoms with van der Waals surface area (Å²) in [5.41, 5.74) is 5.28. The van der Waals surface area contributed by atoms with E-state index in [1.54, 1.807) is 4.90 Å². The lowest BCUT2D eigenvalue weighted by Crippen LogP contribution is -2.42. The Morgan fingerprint density at radius 2 is 1.65 bits per heavy atom. The largest absolute Gasteiger partial charge is 0.416 e. The zero-order valence-electron chi connectivity index (χ0n) is 10.7. The summed E-state index contributed by atoms with van der Waals surface area (Å²) < 4.78 is 37.2. The van der Waals surface area contributed by atoms with E-state index in [4.69, 9.17) is 5.73 Å².